The van der Waals surface area contributed by atoms with Crippen LogP contribution in [-0.2, 0) is 6.42 Å². The van der Waals surface area contributed by atoms with Crippen molar-refractivity contribution in [2.75, 3.05) is 0 Å². The van der Waals surface area contributed by atoms with Gasteiger partial charge in [-0.2, -0.15) is 0 Å². The molecule has 19 heavy (non-hydrogen) atoms. The standard InChI is InChI=1S/C14H9Cl2F3/c15-10-5-4-8(6-14(10)19)11(16)7-9-12(17)2-1-3-13(9)18/h1-6,11H,7H2. The Labute approximate surface area is 118 Å². The normalized spacial score (nSPS) is 12.5. The Morgan fingerprint density at radius 1 is 0.947 bits per heavy atom. The van der Waals surface area contributed by atoms with E-state index in [1.807, 2.05) is 0 Å². The highest BCUT2D eigenvalue weighted by atomic mass is 35.5. The molecule has 0 fully saturated rings. The van der Waals surface area contributed by atoms with E-state index in [1.54, 1.807) is 0 Å². The summed E-state index contributed by atoms with van der Waals surface area (Å²) in [6.45, 7) is 0. The maximum Gasteiger partial charge on any atom is 0.142 e. The van der Waals surface area contributed by atoms with Gasteiger partial charge in [-0.05, 0) is 36.2 Å². The van der Waals surface area contributed by atoms with Gasteiger partial charge in [0, 0.05) is 5.56 Å². The van der Waals surface area contributed by atoms with Crippen molar-refractivity contribution >= 4 is 23.2 Å². The Hall–Kier alpha value is -1.19. The van der Waals surface area contributed by atoms with Crippen LogP contribution in [0.3, 0.4) is 0 Å². The van der Waals surface area contributed by atoms with Crippen LogP contribution in [0.25, 0.3) is 0 Å². The lowest BCUT2D eigenvalue weighted by Crippen LogP contribution is -2.02. The molecule has 0 spiro atoms. The molecular formula is C14H9Cl2F3. The highest BCUT2D eigenvalue weighted by molar-refractivity contribution is 6.30. The molecule has 0 radical (unpaired) electrons. The van der Waals surface area contributed by atoms with Gasteiger partial charge in [0.05, 0.1) is 10.4 Å². The third-order valence-electron chi connectivity index (χ3n) is 2.75. The molecule has 2 rings (SSSR count). The topological polar surface area (TPSA) is 0 Å². The van der Waals surface area contributed by atoms with E-state index in [9.17, 15) is 13.2 Å². The van der Waals surface area contributed by atoms with Crippen LogP contribution in [0.2, 0.25) is 5.02 Å². The van der Waals surface area contributed by atoms with Gasteiger partial charge in [-0.3, -0.25) is 0 Å². The predicted octanol–water partition coefficient (Wildman–Crippen LogP) is 5.28. The molecule has 2 aromatic carbocycles. The summed E-state index contributed by atoms with van der Waals surface area (Å²) in [5.74, 6) is -1.95. The van der Waals surface area contributed by atoms with Crippen molar-refractivity contribution in [3.8, 4) is 0 Å². The number of halogens is 5. The van der Waals surface area contributed by atoms with E-state index < -0.39 is 22.8 Å². The lowest BCUT2D eigenvalue weighted by molar-refractivity contribution is 0.552. The Morgan fingerprint density at radius 2 is 1.58 bits per heavy atom. The molecule has 0 aliphatic rings. The van der Waals surface area contributed by atoms with E-state index >= 15 is 0 Å². The Morgan fingerprint density at radius 3 is 2.16 bits per heavy atom. The summed E-state index contributed by atoms with van der Waals surface area (Å²) in [6, 6.07) is 7.65. The van der Waals surface area contributed by atoms with Gasteiger partial charge in [-0.1, -0.05) is 23.7 Å². The minimum atomic E-state index is -0.738. The van der Waals surface area contributed by atoms with Gasteiger partial charge in [0.2, 0.25) is 0 Å². The van der Waals surface area contributed by atoms with Crippen molar-refractivity contribution in [3.05, 3.63) is 70.0 Å². The number of rotatable bonds is 3. The fourth-order valence-corrected chi connectivity index (χ4v) is 2.14. The Kier molecular flexibility index (Phi) is 4.38. The van der Waals surface area contributed by atoms with Gasteiger partial charge in [0.25, 0.3) is 0 Å². The van der Waals surface area contributed by atoms with E-state index in [-0.39, 0.29) is 17.0 Å². The first kappa shape index (κ1) is 14.2. The van der Waals surface area contributed by atoms with Crippen molar-refractivity contribution in [2.24, 2.45) is 0 Å². The number of benzene rings is 2. The minimum absolute atomic E-state index is 0.0234. The molecule has 100 valence electrons. The summed E-state index contributed by atoms with van der Waals surface area (Å²) >= 11 is 11.6. The van der Waals surface area contributed by atoms with E-state index in [1.165, 1.54) is 24.3 Å². The van der Waals surface area contributed by atoms with E-state index in [2.05, 4.69) is 0 Å². The van der Waals surface area contributed by atoms with Crippen LogP contribution in [0.5, 0.6) is 0 Å². The molecule has 0 bridgehead atoms. The third-order valence-corrected chi connectivity index (χ3v) is 3.46. The fourth-order valence-electron chi connectivity index (χ4n) is 1.73. The third kappa shape index (κ3) is 3.23. The van der Waals surface area contributed by atoms with Gasteiger partial charge in [0.15, 0.2) is 0 Å². The number of hydrogen-bond acceptors (Lipinski definition) is 0. The molecule has 2 aromatic rings. The molecule has 0 heterocycles. The van der Waals surface area contributed by atoms with Gasteiger partial charge >= 0.3 is 0 Å². The van der Waals surface area contributed by atoms with Gasteiger partial charge in [0.1, 0.15) is 17.5 Å². The summed E-state index contributed by atoms with van der Waals surface area (Å²) in [5.41, 5.74) is 0.309. The SMILES string of the molecule is Fc1cc(C(Cl)Cc2c(F)cccc2F)ccc1Cl. The summed E-state index contributed by atoms with van der Waals surface area (Å²) < 4.78 is 40.3. The first-order chi connectivity index (χ1) is 8.99. The highest BCUT2D eigenvalue weighted by Crippen LogP contribution is 2.29. The second kappa shape index (κ2) is 5.85. The largest absolute Gasteiger partial charge is 0.207 e. The predicted molar refractivity (Wildman–Crippen MR) is 70.1 cm³/mol. The first-order valence-corrected chi connectivity index (χ1v) is 6.32. The molecule has 0 saturated heterocycles. The monoisotopic (exact) mass is 304 g/mol. The molecule has 0 saturated carbocycles. The van der Waals surface area contributed by atoms with Gasteiger partial charge in [-0.15, -0.1) is 11.6 Å². The molecule has 0 amide bonds. The quantitative estimate of drug-likeness (QED) is 0.677. The van der Waals surface area contributed by atoms with Crippen LogP contribution < -0.4 is 0 Å². The van der Waals surface area contributed by atoms with Gasteiger partial charge in [-0.25, -0.2) is 13.2 Å². The molecule has 0 aliphatic carbocycles. The zero-order valence-electron chi connectivity index (χ0n) is 9.64. The summed E-state index contributed by atoms with van der Waals surface area (Å²) in [7, 11) is 0. The van der Waals surface area contributed by atoms with E-state index in [0.717, 1.165) is 12.1 Å². The Bertz CT molecular complexity index is 579. The van der Waals surface area contributed by atoms with Crippen LogP contribution >= 0.6 is 23.2 Å². The minimum Gasteiger partial charge on any atom is -0.207 e. The zero-order valence-corrected chi connectivity index (χ0v) is 11.2. The lowest BCUT2D eigenvalue weighted by atomic mass is 10.0. The smallest absolute Gasteiger partial charge is 0.142 e. The second-order valence-electron chi connectivity index (χ2n) is 4.05. The molecule has 0 N–H and O–H groups in total. The second-order valence-corrected chi connectivity index (χ2v) is 4.98. The molecule has 0 aromatic heterocycles. The maximum absolute atomic E-state index is 13.5. The van der Waals surface area contributed by atoms with Crippen LogP contribution in [0.4, 0.5) is 13.2 Å². The summed E-state index contributed by atoms with van der Waals surface area (Å²) in [6.07, 6.45) is -0.0683. The van der Waals surface area contributed by atoms with Crippen molar-refractivity contribution < 1.29 is 13.2 Å². The Balaban J connectivity index is 2.25. The van der Waals surface area contributed by atoms with E-state index in [4.69, 9.17) is 23.2 Å². The number of alkyl halides is 1. The molecule has 5 heteroatoms. The molecule has 0 aliphatic heterocycles. The van der Waals surface area contributed by atoms with Gasteiger partial charge < -0.3 is 0 Å². The van der Waals surface area contributed by atoms with Crippen molar-refractivity contribution in [1.29, 1.82) is 0 Å². The molecule has 1 atom stereocenters. The van der Waals surface area contributed by atoms with Crippen LogP contribution in [-0.4, -0.2) is 0 Å². The average Bonchev–Trinajstić information content (AvgIpc) is 2.37. The lowest BCUT2D eigenvalue weighted by Gasteiger charge is -2.12. The number of hydrogen-bond donors (Lipinski definition) is 0. The highest BCUT2D eigenvalue weighted by Gasteiger charge is 2.16. The van der Waals surface area contributed by atoms with Crippen molar-refractivity contribution in [3.63, 3.8) is 0 Å². The molecular weight excluding hydrogens is 296 g/mol. The van der Waals surface area contributed by atoms with Crippen LogP contribution in [0.1, 0.15) is 16.5 Å². The summed E-state index contributed by atoms with van der Waals surface area (Å²) in [5, 5.41) is -0.761. The molecule has 0 nitrogen and oxygen atoms in total. The maximum atomic E-state index is 13.5. The van der Waals surface area contributed by atoms with Crippen LogP contribution in [0.15, 0.2) is 36.4 Å². The van der Waals surface area contributed by atoms with Crippen LogP contribution in [0, 0.1) is 17.5 Å². The van der Waals surface area contributed by atoms with E-state index in [0.29, 0.717) is 5.56 Å². The van der Waals surface area contributed by atoms with Crippen molar-refractivity contribution in [1.82, 2.24) is 0 Å². The first-order valence-electron chi connectivity index (χ1n) is 5.51. The van der Waals surface area contributed by atoms with Crippen molar-refractivity contribution in [2.45, 2.75) is 11.8 Å². The average molecular weight is 305 g/mol. The fraction of sp³-hybridized carbons (Fsp3) is 0.143. The molecule has 1 unspecified atom stereocenters. The summed E-state index contributed by atoms with van der Waals surface area (Å²) in [4.78, 5) is 0. The zero-order chi connectivity index (χ0) is 14.0.